The van der Waals surface area contributed by atoms with Crippen molar-refractivity contribution in [1.29, 1.82) is 0 Å². The summed E-state index contributed by atoms with van der Waals surface area (Å²) in [5, 5.41) is 2.53. The number of aromatic nitrogens is 4. The van der Waals surface area contributed by atoms with Crippen molar-refractivity contribution in [2.75, 3.05) is 0 Å². The van der Waals surface area contributed by atoms with E-state index in [1.807, 2.05) is 0 Å². The zero-order valence-electron chi connectivity index (χ0n) is 7.93. The highest BCUT2D eigenvalue weighted by Crippen LogP contribution is 2.14. The van der Waals surface area contributed by atoms with E-state index < -0.39 is 0 Å². The Kier molecular flexibility index (Phi) is 1.80. The van der Waals surface area contributed by atoms with Gasteiger partial charge in [0.2, 0.25) is 4.77 Å². The first-order chi connectivity index (χ1) is 7.74. The number of nitrogens with one attached hydrogen (secondary N) is 2. The van der Waals surface area contributed by atoms with E-state index in [0.717, 1.165) is 0 Å². The van der Waals surface area contributed by atoms with Crippen LogP contribution in [-0.2, 0) is 0 Å². The van der Waals surface area contributed by atoms with E-state index in [-0.39, 0.29) is 10.3 Å². The first kappa shape index (κ1) is 9.10. The molecule has 0 aliphatic carbocycles. The summed E-state index contributed by atoms with van der Waals surface area (Å²) < 4.78 is 6.87. The molecule has 3 rings (SSSR count). The monoisotopic (exact) mass is 234 g/mol. The molecule has 0 aliphatic rings. The van der Waals surface area contributed by atoms with Gasteiger partial charge in [-0.1, -0.05) is 0 Å². The van der Waals surface area contributed by atoms with Gasteiger partial charge in [-0.15, -0.1) is 0 Å². The second-order valence-electron chi connectivity index (χ2n) is 3.19. The minimum Gasteiger partial charge on any atom is -0.461 e. The van der Waals surface area contributed by atoms with Crippen LogP contribution in [0.25, 0.3) is 17.2 Å². The summed E-state index contributed by atoms with van der Waals surface area (Å²) in [6.45, 7) is 0. The number of aromatic amines is 2. The van der Waals surface area contributed by atoms with Crippen molar-refractivity contribution in [3.05, 3.63) is 39.6 Å². The molecule has 2 N–H and O–H groups in total. The Hall–Kier alpha value is -2.15. The lowest BCUT2D eigenvalue weighted by Crippen LogP contribution is -2.01. The molecule has 3 heterocycles. The summed E-state index contributed by atoms with van der Waals surface area (Å²) in [5.41, 5.74) is 0.317. The molecule has 80 valence electrons. The highest BCUT2D eigenvalue weighted by atomic mass is 32.1. The van der Waals surface area contributed by atoms with Gasteiger partial charge in [0.05, 0.1) is 6.26 Å². The second kappa shape index (κ2) is 3.17. The molecule has 0 saturated carbocycles. The molecule has 0 spiro atoms. The van der Waals surface area contributed by atoms with Crippen molar-refractivity contribution in [2.24, 2.45) is 0 Å². The Bertz CT molecular complexity index is 750. The summed E-state index contributed by atoms with van der Waals surface area (Å²) in [7, 11) is 0. The Morgan fingerprint density at radius 1 is 1.50 bits per heavy atom. The van der Waals surface area contributed by atoms with Gasteiger partial charge < -0.3 is 9.40 Å². The third-order valence-electron chi connectivity index (χ3n) is 2.13. The molecule has 0 aliphatic heterocycles. The van der Waals surface area contributed by atoms with Crippen molar-refractivity contribution in [3.8, 4) is 11.6 Å². The lowest BCUT2D eigenvalue weighted by atomic mass is 10.4. The first-order valence-electron chi connectivity index (χ1n) is 4.50. The van der Waals surface area contributed by atoms with E-state index in [0.29, 0.717) is 17.2 Å². The first-order valence-corrected chi connectivity index (χ1v) is 4.91. The van der Waals surface area contributed by atoms with Gasteiger partial charge in [0.1, 0.15) is 5.65 Å². The molecule has 0 saturated heterocycles. The fourth-order valence-corrected chi connectivity index (χ4v) is 1.69. The van der Waals surface area contributed by atoms with Crippen molar-refractivity contribution >= 4 is 17.9 Å². The van der Waals surface area contributed by atoms with Crippen LogP contribution in [0.5, 0.6) is 0 Å². The van der Waals surface area contributed by atoms with Gasteiger partial charge in [0.15, 0.2) is 11.6 Å². The molecule has 0 aromatic carbocycles. The number of fused-ring (bicyclic) bond motifs is 1. The molecule has 0 amide bonds. The molecule has 16 heavy (non-hydrogen) atoms. The van der Waals surface area contributed by atoms with Crippen LogP contribution in [0, 0.1) is 4.77 Å². The number of rotatable bonds is 1. The summed E-state index contributed by atoms with van der Waals surface area (Å²) in [6, 6.07) is 4.92. The van der Waals surface area contributed by atoms with Crippen LogP contribution in [0.1, 0.15) is 0 Å². The highest BCUT2D eigenvalue weighted by Gasteiger charge is 2.06. The molecular formula is C9H6N4O2S. The molecular weight excluding hydrogens is 228 g/mol. The van der Waals surface area contributed by atoms with Crippen molar-refractivity contribution in [1.82, 2.24) is 19.6 Å². The van der Waals surface area contributed by atoms with Crippen LogP contribution in [0.2, 0.25) is 0 Å². The topological polar surface area (TPSA) is 79.1 Å². The maximum atomic E-state index is 11.1. The predicted molar refractivity (Wildman–Crippen MR) is 58.7 cm³/mol. The second-order valence-corrected chi connectivity index (χ2v) is 3.55. The van der Waals surface area contributed by atoms with E-state index in [1.54, 1.807) is 18.4 Å². The Morgan fingerprint density at radius 3 is 3.12 bits per heavy atom. The quantitative estimate of drug-likeness (QED) is 0.623. The van der Waals surface area contributed by atoms with E-state index in [2.05, 4.69) is 15.1 Å². The molecule has 0 atom stereocenters. The largest absolute Gasteiger partial charge is 0.461 e. The maximum absolute atomic E-state index is 11.1. The normalized spacial score (nSPS) is 11.0. The summed E-state index contributed by atoms with van der Waals surface area (Å²) in [5.74, 6) is 1.07. The van der Waals surface area contributed by atoms with Gasteiger partial charge >= 0.3 is 0 Å². The average molecular weight is 234 g/mol. The highest BCUT2D eigenvalue weighted by molar-refractivity contribution is 7.71. The third-order valence-corrected chi connectivity index (χ3v) is 2.40. The Labute approximate surface area is 93.5 Å². The zero-order valence-corrected chi connectivity index (χ0v) is 8.75. The SMILES string of the molecule is O=c1cc2[nH]c(-c3ccco3)nc(=S)n2[nH]1. The Morgan fingerprint density at radius 2 is 2.38 bits per heavy atom. The van der Waals surface area contributed by atoms with E-state index in [9.17, 15) is 4.79 Å². The molecule has 0 fully saturated rings. The van der Waals surface area contributed by atoms with E-state index >= 15 is 0 Å². The number of hydrogen-bond donors (Lipinski definition) is 2. The molecule has 3 aromatic heterocycles. The number of furan rings is 1. The summed E-state index contributed by atoms with van der Waals surface area (Å²) >= 11 is 5.05. The van der Waals surface area contributed by atoms with Crippen LogP contribution in [-0.4, -0.2) is 19.6 Å². The smallest absolute Gasteiger partial charge is 0.266 e. The van der Waals surface area contributed by atoms with Crippen LogP contribution >= 0.6 is 12.2 Å². The third kappa shape index (κ3) is 1.29. The lowest BCUT2D eigenvalue weighted by molar-refractivity contribution is 0.576. The van der Waals surface area contributed by atoms with Gasteiger partial charge in [0, 0.05) is 6.07 Å². The minimum absolute atomic E-state index is 0.235. The van der Waals surface area contributed by atoms with Gasteiger partial charge in [-0.3, -0.25) is 9.89 Å². The maximum Gasteiger partial charge on any atom is 0.266 e. The van der Waals surface area contributed by atoms with Crippen molar-refractivity contribution < 1.29 is 4.42 Å². The lowest BCUT2D eigenvalue weighted by Gasteiger charge is -1.98. The van der Waals surface area contributed by atoms with Gasteiger partial charge in [-0.25, -0.2) is 4.52 Å². The van der Waals surface area contributed by atoms with Crippen molar-refractivity contribution in [2.45, 2.75) is 0 Å². The van der Waals surface area contributed by atoms with Gasteiger partial charge in [0.25, 0.3) is 5.56 Å². The molecule has 3 aromatic rings. The van der Waals surface area contributed by atoms with E-state index in [1.165, 1.54) is 10.6 Å². The number of hydrogen-bond acceptors (Lipinski definition) is 4. The molecule has 6 nitrogen and oxygen atoms in total. The van der Waals surface area contributed by atoms with Crippen molar-refractivity contribution in [3.63, 3.8) is 0 Å². The van der Waals surface area contributed by atoms with Crippen LogP contribution in [0.3, 0.4) is 0 Å². The van der Waals surface area contributed by atoms with Gasteiger partial charge in [-0.05, 0) is 24.4 Å². The molecule has 0 bridgehead atoms. The van der Waals surface area contributed by atoms with Crippen LogP contribution < -0.4 is 5.56 Å². The summed E-state index contributed by atoms with van der Waals surface area (Å²) in [4.78, 5) is 18.2. The Balaban J connectivity index is 2.37. The van der Waals surface area contributed by atoms with E-state index in [4.69, 9.17) is 16.6 Å². The zero-order chi connectivity index (χ0) is 11.1. The predicted octanol–water partition coefficient (Wildman–Crippen LogP) is 1.34. The minimum atomic E-state index is -0.235. The van der Waals surface area contributed by atoms with Gasteiger partial charge in [-0.2, -0.15) is 4.98 Å². The fraction of sp³-hybridized carbons (Fsp3) is 0. The van der Waals surface area contributed by atoms with Crippen LogP contribution in [0.15, 0.2) is 33.7 Å². The molecule has 7 heteroatoms. The number of nitrogens with zero attached hydrogens (tertiary/aromatic N) is 2. The fourth-order valence-electron chi connectivity index (χ4n) is 1.46. The number of H-pyrrole nitrogens is 2. The molecule has 0 radical (unpaired) electrons. The average Bonchev–Trinajstić information content (AvgIpc) is 2.84. The standard InChI is InChI=1S/C9H6N4O2S/c14-7-4-6-10-8(5-2-1-3-15-5)11-9(16)13(6)12-7/h1-4H,(H,12,14)(H,10,11,16). The van der Waals surface area contributed by atoms with Crippen LogP contribution in [0.4, 0.5) is 0 Å². The molecule has 0 unspecified atom stereocenters. The summed E-state index contributed by atoms with van der Waals surface area (Å²) in [6.07, 6.45) is 1.54.